The Bertz CT molecular complexity index is 306. The largest absolute Gasteiger partial charge is 0.368 e. The molecule has 66 valence electrons. The maximum absolute atomic E-state index is 12.8. The molecular formula is C6H8F2N4. The molecule has 0 aromatic carbocycles. The summed E-state index contributed by atoms with van der Waals surface area (Å²) >= 11 is 0. The van der Waals surface area contributed by atoms with E-state index < -0.39 is 5.92 Å². The van der Waals surface area contributed by atoms with E-state index in [-0.39, 0.29) is 31.2 Å². The summed E-state index contributed by atoms with van der Waals surface area (Å²) < 4.78 is 27.1. The molecule has 1 aromatic rings. The Morgan fingerprint density at radius 3 is 2.92 bits per heavy atom. The van der Waals surface area contributed by atoms with Gasteiger partial charge in [0.2, 0.25) is 5.95 Å². The molecule has 0 radical (unpaired) electrons. The summed E-state index contributed by atoms with van der Waals surface area (Å²) in [6, 6.07) is 0. The van der Waals surface area contributed by atoms with Gasteiger partial charge in [-0.25, -0.2) is 8.78 Å². The second-order valence-corrected chi connectivity index (χ2v) is 2.91. The van der Waals surface area contributed by atoms with Gasteiger partial charge in [0.05, 0.1) is 6.42 Å². The van der Waals surface area contributed by atoms with Crippen molar-refractivity contribution >= 4 is 5.95 Å². The lowest BCUT2D eigenvalue weighted by Gasteiger charge is -2.22. The van der Waals surface area contributed by atoms with Crippen LogP contribution in [-0.4, -0.2) is 20.7 Å². The van der Waals surface area contributed by atoms with Crippen molar-refractivity contribution in [1.29, 1.82) is 0 Å². The van der Waals surface area contributed by atoms with Gasteiger partial charge in [-0.3, -0.25) is 4.57 Å². The molecule has 2 rings (SSSR count). The molecule has 2 N–H and O–H groups in total. The smallest absolute Gasteiger partial charge is 0.256 e. The summed E-state index contributed by atoms with van der Waals surface area (Å²) in [6.45, 7) is 0.209. The van der Waals surface area contributed by atoms with Gasteiger partial charge in [-0.2, -0.15) is 0 Å². The first kappa shape index (κ1) is 7.45. The fourth-order valence-corrected chi connectivity index (χ4v) is 1.32. The molecule has 6 heteroatoms. The number of halogens is 2. The number of nitrogen functional groups attached to an aromatic ring is 1. The molecule has 0 atom stereocenters. The Labute approximate surface area is 67.4 Å². The van der Waals surface area contributed by atoms with E-state index >= 15 is 0 Å². The van der Waals surface area contributed by atoms with Gasteiger partial charge in [0, 0.05) is 13.0 Å². The molecule has 0 unspecified atom stereocenters. The van der Waals surface area contributed by atoms with Crippen LogP contribution in [0.25, 0.3) is 0 Å². The lowest BCUT2D eigenvalue weighted by molar-refractivity contribution is -0.0235. The van der Waals surface area contributed by atoms with Crippen molar-refractivity contribution in [3.05, 3.63) is 5.82 Å². The van der Waals surface area contributed by atoms with Crippen LogP contribution in [0.4, 0.5) is 14.7 Å². The highest BCUT2D eigenvalue weighted by Crippen LogP contribution is 2.29. The minimum Gasteiger partial charge on any atom is -0.368 e. The zero-order valence-corrected chi connectivity index (χ0v) is 6.30. The van der Waals surface area contributed by atoms with Gasteiger partial charge < -0.3 is 5.73 Å². The molecule has 0 bridgehead atoms. The quantitative estimate of drug-likeness (QED) is 0.621. The van der Waals surface area contributed by atoms with Crippen molar-refractivity contribution in [3.63, 3.8) is 0 Å². The molecule has 0 fully saturated rings. The van der Waals surface area contributed by atoms with Gasteiger partial charge >= 0.3 is 0 Å². The van der Waals surface area contributed by atoms with Crippen LogP contribution in [0.15, 0.2) is 0 Å². The third kappa shape index (κ3) is 1.03. The zero-order chi connectivity index (χ0) is 8.77. The van der Waals surface area contributed by atoms with Gasteiger partial charge in [-0.05, 0) is 0 Å². The van der Waals surface area contributed by atoms with Crippen molar-refractivity contribution in [2.45, 2.75) is 25.3 Å². The van der Waals surface area contributed by atoms with Gasteiger partial charge in [0.25, 0.3) is 5.92 Å². The van der Waals surface area contributed by atoms with Crippen LogP contribution in [-0.2, 0) is 13.0 Å². The highest BCUT2D eigenvalue weighted by molar-refractivity contribution is 5.19. The number of hydrogen-bond donors (Lipinski definition) is 1. The average Bonchev–Trinajstić information content (AvgIpc) is 2.30. The normalized spacial score (nSPS) is 20.5. The zero-order valence-electron chi connectivity index (χ0n) is 6.30. The molecule has 2 heterocycles. The monoisotopic (exact) mass is 174 g/mol. The number of nitrogens with zero attached hydrogens (tertiary/aromatic N) is 3. The Balaban J connectivity index is 2.37. The van der Waals surface area contributed by atoms with Crippen molar-refractivity contribution in [2.75, 3.05) is 5.73 Å². The lowest BCUT2D eigenvalue weighted by atomic mass is 10.1. The standard InChI is InChI=1S/C6H8F2N4/c7-6(8)1-2-12-4(3-6)10-11-5(12)9/h1-3H2,(H2,9,11). The van der Waals surface area contributed by atoms with E-state index in [1.165, 1.54) is 4.57 Å². The van der Waals surface area contributed by atoms with E-state index in [1.54, 1.807) is 0 Å². The van der Waals surface area contributed by atoms with Crippen molar-refractivity contribution in [3.8, 4) is 0 Å². The number of rotatable bonds is 0. The van der Waals surface area contributed by atoms with Crippen LogP contribution in [0, 0.1) is 0 Å². The predicted molar refractivity (Wildman–Crippen MR) is 37.7 cm³/mol. The summed E-state index contributed by atoms with van der Waals surface area (Å²) in [4.78, 5) is 0. The van der Waals surface area contributed by atoms with Crippen LogP contribution in [0.2, 0.25) is 0 Å². The van der Waals surface area contributed by atoms with Crippen molar-refractivity contribution < 1.29 is 8.78 Å². The second-order valence-electron chi connectivity index (χ2n) is 2.91. The number of fused-ring (bicyclic) bond motifs is 1. The predicted octanol–water partition coefficient (Wildman–Crippen LogP) is 0.442. The van der Waals surface area contributed by atoms with Crippen LogP contribution in [0.1, 0.15) is 12.2 Å². The van der Waals surface area contributed by atoms with Crippen LogP contribution in [0.5, 0.6) is 0 Å². The maximum atomic E-state index is 12.8. The Kier molecular flexibility index (Phi) is 1.33. The molecule has 12 heavy (non-hydrogen) atoms. The molecule has 1 aliphatic rings. The Hall–Kier alpha value is -1.20. The van der Waals surface area contributed by atoms with Gasteiger partial charge in [0.1, 0.15) is 5.82 Å². The minimum absolute atomic E-state index is 0.178. The first-order chi connectivity index (χ1) is 5.58. The van der Waals surface area contributed by atoms with Crippen LogP contribution >= 0.6 is 0 Å². The first-order valence-corrected chi connectivity index (χ1v) is 3.64. The molecule has 0 aliphatic carbocycles. The topological polar surface area (TPSA) is 56.7 Å². The fourth-order valence-electron chi connectivity index (χ4n) is 1.32. The summed E-state index contributed by atoms with van der Waals surface area (Å²) in [5.41, 5.74) is 5.39. The summed E-state index contributed by atoms with van der Waals surface area (Å²) in [6.07, 6.45) is -0.528. The van der Waals surface area contributed by atoms with E-state index in [0.29, 0.717) is 0 Å². The molecule has 0 spiro atoms. The highest BCUT2D eigenvalue weighted by Gasteiger charge is 2.36. The molecular weight excluding hydrogens is 166 g/mol. The highest BCUT2D eigenvalue weighted by atomic mass is 19.3. The molecule has 0 saturated carbocycles. The summed E-state index contributed by atoms with van der Waals surface area (Å²) in [5, 5.41) is 7.08. The van der Waals surface area contributed by atoms with Gasteiger partial charge in [-0.15, -0.1) is 10.2 Å². The second kappa shape index (κ2) is 2.15. The molecule has 0 amide bonds. The number of aromatic nitrogens is 3. The molecule has 1 aromatic heterocycles. The van der Waals surface area contributed by atoms with E-state index in [4.69, 9.17) is 5.73 Å². The minimum atomic E-state index is -2.64. The summed E-state index contributed by atoms with van der Waals surface area (Å²) in [5.74, 6) is -2.14. The van der Waals surface area contributed by atoms with Gasteiger partial charge in [0.15, 0.2) is 0 Å². The summed E-state index contributed by atoms with van der Waals surface area (Å²) in [7, 11) is 0. The molecule has 0 saturated heterocycles. The van der Waals surface area contributed by atoms with E-state index in [9.17, 15) is 8.78 Å². The third-order valence-electron chi connectivity index (χ3n) is 1.97. The van der Waals surface area contributed by atoms with Crippen LogP contribution in [0.3, 0.4) is 0 Å². The van der Waals surface area contributed by atoms with Crippen molar-refractivity contribution in [1.82, 2.24) is 14.8 Å². The molecule has 1 aliphatic heterocycles. The lowest BCUT2D eigenvalue weighted by Crippen LogP contribution is -2.29. The molecule has 4 nitrogen and oxygen atoms in total. The Morgan fingerprint density at radius 1 is 1.42 bits per heavy atom. The fraction of sp³-hybridized carbons (Fsp3) is 0.667. The van der Waals surface area contributed by atoms with E-state index in [0.717, 1.165) is 0 Å². The SMILES string of the molecule is Nc1nnc2n1CCC(F)(F)C2. The number of hydrogen-bond acceptors (Lipinski definition) is 3. The van der Waals surface area contributed by atoms with E-state index in [1.807, 2.05) is 0 Å². The number of alkyl halides is 2. The number of nitrogens with two attached hydrogens (primary N) is 1. The van der Waals surface area contributed by atoms with Crippen molar-refractivity contribution in [2.24, 2.45) is 0 Å². The first-order valence-electron chi connectivity index (χ1n) is 3.64. The van der Waals surface area contributed by atoms with Gasteiger partial charge in [-0.1, -0.05) is 0 Å². The van der Waals surface area contributed by atoms with E-state index in [2.05, 4.69) is 10.2 Å². The number of anilines is 1. The Morgan fingerprint density at radius 2 is 2.17 bits per heavy atom. The maximum Gasteiger partial charge on any atom is 0.256 e. The van der Waals surface area contributed by atoms with Crippen LogP contribution < -0.4 is 5.73 Å². The third-order valence-corrected chi connectivity index (χ3v) is 1.97. The average molecular weight is 174 g/mol.